The molecule has 0 radical (unpaired) electrons. The molecule has 142 valence electrons. The first-order chi connectivity index (χ1) is 12.8. The number of piperazine rings is 1. The summed E-state index contributed by atoms with van der Waals surface area (Å²) in [5.41, 5.74) is 1.52. The molecule has 3 heterocycles. The number of hydrogen-bond donors (Lipinski definition) is 2. The lowest BCUT2D eigenvalue weighted by Crippen LogP contribution is -2.54. The molecule has 8 heteroatoms. The fourth-order valence-electron chi connectivity index (χ4n) is 4.19. The molecule has 3 aliphatic rings. The molecule has 2 saturated heterocycles. The van der Waals surface area contributed by atoms with Crippen LogP contribution >= 0.6 is 0 Å². The third kappa shape index (κ3) is 2.99. The number of piperidine rings is 1. The lowest BCUT2D eigenvalue weighted by molar-refractivity contribution is -0.136. The Balaban J connectivity index is 1.62. The van der Waals surface area contributed by atoms with Gasteiger partial charge in [-0.15, -0.1) is 0 Å². The van der Waals surface area contributed by atoms with Crippen molar-refractivity contribution in [1.82, 2.24) is 15.5 Å². The zero-order valence-electron chi connectivity index (χ0n) is 15.3. The van der Waals surface area contributed by atoms with Gasteiger partial charge >= 0.3 is 0 Å². The highest BCUT2D eigenvalue weighted by molar-refractivity contribution is 6.23. The Morgan fingerprint density at radius 3 is 2.30 bits per heavy atom. The minimum absolute atomic E-state index is 0.117. The molecule has 2 N–H and O–H groups in total. The van der Waals surface area contributed by atoms with Gasteiger partial charge in [-0.25, -0.2) is 0 Å². The molecule has 1 aromatic rings. The molecular formula is C19H22N4O4. The van der Waals surface area contributed by atoms with E-state index in [0.29, 0.717) is 23.2 Å². The monoisotopic (exact) mass is 370 g/mol. The fourth-order valence-corrected chi connectivity index (χ4v) is 4.19. The van der Waals surface area contributed by atoms with Crippen molar-refractivity contribution in [2.75, 3.05) is 18.0 Å². The molecule has 4 amide bonds. The van der Waals surface area contributed by atoms with Crippen LogP contribution in [0.2, 0.25) is 0 Å². The van der Waals surface area contributed by atoms with Gasteiger partial charge in [0.2, 0.25) is 11.8 Å². The van der Waals surface area contributed by atoms with E-state index in [4.69, 9.17) is 0 Å². The lowest BCUT2D eigenvalue weighted by atomic mass is 10.0. The SMILES string of the molecule is CC1CN(c2ccc3c(c2)C(=O)N(C2CCC(=O)NC2=O)C3=O)CC(C)N1. The molecule has 0 aromatic heterocycles. The van der Waals surface area contributed by atoms with Crippen LogP contribution in [0.4, 0.5) is 5.69 Å². The van der Waals surface area contributed by atoms with Crippen LogP contribution in [0, 0.1) is 0 Å². The van der Waals surface area contributed by atoms with E-state index in [1.54, 1.807) is 12.1 Å². The summed E-state index contributed by atoms with van der Waals surface area (Å²) in [4.78, 5) is 52.3. The highest BCUT2D eigenvalue weighted by Gasteiger charge is 2.44. The second-order valence-corrected chi connectivity index (χ2v) is 7.55. The molecule has 4 rings (SSSR count). The topological polar surface area (TPSA) is 98.8 Å². The molecule has 0 spiro atoms. The molecule has 1 aromatic carbocycles. The van der Waals surface area contributed by atoms with Gasteiger partial charge in [0.1, 0.15) is 6.04 Å². The zero-order chi connectivity index (χ0) is 19.3. The van der Waals surface area contributed by atoms with Crippen molar-refractivity contribution in [3.8, 4) is 0 Å². The number of rotatable bonds is 2. The van der Waals surface area contributed by atoms with Crippen molar-refractivity contribution < 1.29 is 19.2 Å². The van der Waals surface area contributed by atoms with E-state index in [9.17, 15) is 19.2 Å². The molecular weight excluding hydrogens is 348 g/mol. The van der Waals surface area contributed by atoms with Crippen molar-refractivity contribution in [1.29, 1.82) is 0 Å². The first-order valence-corrected chi connectivity index (χ1v) is 9.22. The zero-order valence-corrected chi connectivity index (χ0v) is 15.3. The Kier molecular flexibility index (Phi) is 4.22. The van der Waals surface area contributed by atoms with Gasteiger partial charge in [0.15, 0.2) is 0 Å². The quantitative estimate of drug-likeness (QED) is 0.726. The maximum absolute atomic E-state index is 12.9. The second-order valence-electron chi connectivity index (χ2n) is 7.55. The maximum atomic E-state index is 12.9. The van der Waals surface area contributed by atoms with E-state index >= 15 is 0 Å². The minimum Gasteiger partial charge on any atom is -0.368 e. The molecule has 3 aliphatic heterocycles. The van der Waals surface area contributed by atoms with Crippen LogP contribution in [0.25, 0.3) is 0 Å². The summed E-state index contributed by atoms with van der Waals surface area (Å²) < 4.78 is 0. The molecule has 0 bridgehead atoms. The predicted molar refractivity (Wildman–Crippen MR) is 97.4 cm³/mol. The van der Waals surface area contributed by atoms with Gasteiger partial charge in [0.25, 0.3) is 11.8 Å². The minimum atomic E-state index is -0.933. The molecule has 2 fully saturated rings. The lowest BCUT2D eigenvalue weighted by Gasteiger charge is -2.37. The van der Waals surface area contributed by atoms with Gasteiger partial charge in [-0.2, -0.15) is 0 Å². The average Bonchev–Trinajstić information content (AvgIpc) is 2.85. The van der Waals surface area contributed by atoms with E-state index in [2.05, 4.69) is 29.4 Å². The van der Waals surface area contributed by atoms with Gasteiger partial charge in [-0.05, 0) is 38.5 Å². The maximum Gasteiger partial charge on any atom is 0.262 e. The number of carbonyl (C=O) groups excluding carboxylic acids is 4. The smallest absolute Gasteiger partial charge is 0.262 e. The number of hydrogen-bond acceptors (Lipinski definition) is 6. The Hall–Kier alpha value is -2.74. The summed E-state index contributed by atoms with van der Waals surface area (Å²) in [6.45, 7) is 5.83. The Labute approximate surface area is 156 Å². The van der Waals surface area contributed by atoms with Crippen molar-refractivity contribution in [2.45, 2.75) is 44.8 Å². The summed E-state index contributed by atoms with van der Waals surface area (Å²) in [6, 6.07) is 4.96. The number of benzene rings is 1. The first kappa shape index (κ1) is 17.7. The van der Waals surface area contributed by atoms with E-state index in [1.165, 1.54) is 0 Å². The summed E-state index contributed by atoms with van der Waals surface area (Å²) in [5, 5.41) is 5.67. The van der Waals surface area contributed by atoms with E-state index in [-0.39, 0.29) is 18.7 Å². The van der Waals surface area contributed by atoms with Gasteiger partial charge in [0, 0.05) is 37.3 Å². The average molecular weight is 370 g/mol. The molecule has 8 nitrogen and oxygen atoms in total. The number of nitrogens with one attached hydrogen (secondary N) is 2. The highest BCUT2D eigenvalue weighted by atomic mass is 16.2. The van der Waals surface area contributed by atoms with E-state index < -0.39 is 23.8 Å². The van der Waals surface area contributed by atoms with Crippen LogP contribution in [0.15, 0.2) is 18.2 Å². The van der Waals surface area contributed by atoms with Crippen LogP contribution < -0.4 is 15.5 Å². The summed E-state index contributed by atoms with van der Waals surface area (Å²) in [5.74, 6) is -1.91. The normalized spacial score (nSPS) is 28.4. The van der Waals surface area contributed by atoms with Crippen LogP contribution in [0.1, 0.15) is 47.4 Å². The van der Waals surface area contributed by atoms with E-state index in [0.717, 1.165) is 23.7 Å². The fraction of sp³-hybridized carbons (Fsp3) is 0.474. The third-order valence-electron chi connectivity index (χ3n) is 5.35. The van der Waals surface area contributed by atoms with Crippen molar-refractivity contribution in [3.05, 3.63) is 29.3 Å². The highest BCUT2D eigenvalue weighted by Crippen LogP contribution is 2.31. The number of amides is 4. The number of imide groups is 2. The Morgan fingerprint density at radius 2 is 1.63 bits per heavy atom. The van der Waals surface area contributed by atoms with Crippen LogP contribution in [0.3, 0.4) is 0 Å². The van der Waals surface area contributed by atoms with Crippen molar-refractivity contribution >= 4 is 29.3 Å². The Bertz CT molecular complexity index is 842. The second kappa shape index (κ2) is 6.45. The molecule has 3 atom stereocenters. The third-order valence-corrected chi connectivity index (χ3v) is 5.35. The molecule has 27 heavy (non-hydrogen) atoms. The number of anilines is 1. The molecule has 3 unspecified atom stereocenters. The van der Waals surface area contributed by atoms with Gasteiger partial charge in [-0.1, -0.05) is 0 Å². The summed E-state index contributed by atoms with van der Waals surface area (Å²) >= 11 is 0. The van der Waals surface area contributed by atoms with E-state index in [1.807, 2.05) is 6.07 Å². The summed E-state index contributed by atoms with van der Waals surface area (Å²) in [6.07, 6.45) is 0.279. The van der Waals surface area contributed by atoms with Gasteiger partial charge < -0.3 is 10.2 Å². The van der Waals surface area contributed by atoms with Crippen LogP contribution in [0.5, 0.6) is 0 Å². The number of nitrogens with zero attached hydrogens (tertiary/aromatic N) is 2. The number of fused-ring (bicyclic) bond motifs is 1. The van der Waals surface area contributed by atoms with Crippen LogP contribution in [-0.4, -0.2) is 59.7 Å². The first-order valence-electron chi connectivity index (χ1n) is 9.22. The van der Waals surface area contributed by atoms with Gasteiger partial charge in [0.05, 0.1) is 11.1 Å². The number of carbonyl (C=O) groups is 4. The van der Waals surface area contributed by atoms with Crippen molar-refractivity contribution in [2.24, 2.45) is 0 Å². The Morgan fingerprint density at radius 1 is 0.963 bits per heavy atom. The summed E-state index contributed by atoms with van der Waals surface area (Å²) in [7, 11) is 0. The molecule has 0 saturated carbocycles. The largest absolute Gasteiger partial charge is 0.368 e. The predicted octanol–water partition coefficient (Wildman–Crippen LogP) is 0.274. The standard InChI is InChI=1S/C19H22N4O4/c1-10-8-22(9-11(2)20-10)12-3-4-13-14(7-12)19(27)23(18(13)26)15-5-6-16(24)21-17(15)25/h3-4,7,10-11,15,20H,5-6,8-9H2,1-2H3,(H,21,24,25). The molecule has 0 aliphatic carbocycles. The van der Waals surface area contributed by atoms with Crippen LogP contribution in [-0.2, 0) is 9.59 Å². The van der Waals surface area contributed by atoms with Crippen molar-refractivity contribution in [3.63, 3.8) is 0 Å². The van der Waals surface area contributed by atoms with Gasteiger partial charge in [-0.3, -0.25) is 29.4 Å².